The van der Waals surface area contributed by atoms with Gasteiger partial charge in [0.2, 0.25) is 5.88 Å². The Bertz CT molecular complexity index is 408. The zero-order valence-corrected chi connectivity index (χ0v) is 10.3. The molecule has 0 aliphatic rings. The van der Waals surface area contributed by atoms with Crippen LogP contribution >= 0.6 is 0 Å². The lowest BCUT2D eigenvalue weighted by molar-refractivity contribution is -0.126. The molecule has 6 heteroatoms. The maximum Gasteiger partial charge on any atom is 0.315 e. The number of aromatic nitrogens is 1. The molecule has 0 atom stereocenters. The largest absolute Gasteiger partial charge is 0.338 e. The summed E-state index contributed by atoms with van der Waals surface area (Å²) in [6, 6.07) is 0. The zero-order chi connectivity index (χ0) is 13.2. The molecule has 0 saturated carbocycles. The van der Waals surface area contributed by atoms with Gasteiger partial charge in [0.1, 0.15) is 0 Å². The molecule has 0 bridgehead atoms. The van der Waals surface area contributed by atoms with Gasteiger partial charge < -0.3 is 4.52 Å². The summed E-state index contributed by atoms with van der Waals surface area (Å²) in [5.41, 5.74) is 1.07. The van der Waals surface area contributed by atoms with Crippen molar-refractivity contribution < 1.29 is 18.1 Å². The van der Waals surface area contributed by atoms with Gasteiger partial charge in [0.05, 0.1) is 5.69 Å². The number of halogens is 2. The molecule has 0 saturated heterocycles. The summed E-state index contributed by atoms with van der Waals surface area (Å²) in [7, 11) is 0. The van der Waals surface area contributed by atoms with Crippen LogP contribution in [0, 0.1) is 0 Å². The van der Waals surface area contributed by atoms with Crippen molar-refractivity contribution >= 4 is 11.8 Å². The highest BCUT2D eigenvalue weighted by atomic mass is 19.3. The lowest BCUT2D eigenvalue weighted by Gasteiger charge is -2.15. The molecule has 0 aliphatic heterocycles. The van der Waals surface area contributed by atoms with E-state index in [0.29, 0.717) is 17.7 Å². The van der Waals surface area contributed by atoms with Crippen LogP contribution in [-0.2, 0) is 16.6 Å². The van der Waals surface area contributed by atoms with Crippen molar-refractivity contribution in [3.63, 3.8) is 0 Å². The number of nitrogens with zero attached hydrogens (tertiary/aromatic N) is 1. The molecule has 0 spiro atoms. The number of rotatable bonds is 3. The molecule has 0 fully saturated rings. The van der Waals surface area contributed by atoms with Crippen molar-refractivity contribution in [2.45, 2.75) is 46.0 Å². The van der Waals surface area contributed by atoms with Gasteiger partial charge in [-0.2, -0.15) is 8.78 Å². The third kappa shape index (κ3) is 3.01. The number of carbonyl (C=O) groups is 1. The Labute approximate surface area is 98.4 Å². The molecule has 17 heavy (non-hydrogen) atoms. The summed E-state index contributed by atoms with van der Waals surface area (Å²) in [4.78, 5) is 10.9. The van der Waals surface area contributed by atoms with E-state index in [1.807, 2.05) is 33.0 Å². The Morgan fingerprint density at radius 3 is 2.47 bits per heavy atom. The molecule has 96 valence electrons. The van der Waals surface area contributed by atoms with Crippen LogP contribution in [0.1, 0.15) is 39.0 Å². The monoisotopic (exact) mass is 246 g/mol. The van der Waals surface area contributed by atoms with Gasteiger partial charge in [0.15, 0.2) is 0 Å². The van der Waals surface area contributed by atoms with E-state index in [9.17, 15) is 13.6 Å². The quantitative estimate of drug-likeness (QED) is 0.892. The third-order valence-corrected chi connectivity index (χ3v) is 2.29. The Morgan fingerprint density at radius 1 is 1.47 bits per heavy atom. The van der Waals surface area contributed by atoms with Gasteiger partial charge in [0, 0.05) is 11.0 Å². The van der Waals surface area contributed by atoms with E-state index in [-0.39, 0.29) is 11.3 Å². The molecule has 0 radical (unpaired) electrons. The first-order valence-corrected chi connectivity index (χ1v) is 5.35. The highest BCUT2D eigenvalue weighted by Crippen LogP contribution is 2.30. The van der Waals surface area contributed by atoms with Crippen LogP contribution in [0.15, 0.2) is 4.52 Å². The van der Waals surface area contributed by atoms with Crippen molar-refractivity contribution in [3.05, 3.63) is 11.3 Å². The lowest BCUT2D eigenvalue weighted by atomic mass is 9.88. The van der Waals surface area contributed by atoms with Crippen molar-refractivity contribution in [3.8, 4) is 0 Å². The SMILES string of the molecule is CCc1c(C(C)(C)C)noc1NC(=O)C(F)F. The first-order chi connectivity index (χ1) is 7.77. The zero-order valence-electron chi connectivity index (χ0n) is 10.3. The van der Waals surface area contributed by atoms with Crippen LogP contribution < -0.4 is 5.32 Å². The topological polar surface area (TPSA) is 55.1 Å². The summed E-state index contributed by atoms with van der Waals surface area (Å²) in [5.74, 6) is -1.36. The van der Waals surface area contributed by atoms with E-state index in [4.69, 9.17) is 4.52 Å². The molecule has 0 aliphatic carbocycles. The summed E-state index contributed by atoms with van der Waals surface area (Å²) >= 11 is 0. The van der Waals surface area contributed by atoms with E-state index >= 15 is 0 Å². The minimum absolute atomic E-state index is 0.0164. The Balaban J connectivity index is 3.03. The summed E-state index contributed by atoms with van der Waals surface area (Å²) in [6.07, 6.45) is -2.52. The second kappa shape index (κ2) is 4.81. The van der Waals surface area contributed by atoms with Crippen LogP contribution in [-0.4, -0.2) is 17.5 Å². The standard InChI is InChI=1S/C11H16F2N2O2/c1-5-6-7(11(2,3)4)15-17-10(6)14-9(16)8(12)13/h8H,5H2,1-4H3,(H,14,16). The highest BCUT2D eigenvalue weighted by molar-refractivity contribution is 5.92. The highest BCUT2D eigenvalue weighted by Gasteiger charge is 2.27. The summed E-state index contributed by atoms with van der Waals surface area (Å²) in [5, 5.41) is 5.87. The molecule has 0 unspecified atom stereocenters. The molecule has 1 aromatic rings. The molecular weight excluding hydrogens is 230 g/mol. The van der Waals surface area contributed by atoms with E-state index in [1.54, 1.807) is 0 Å². The molecule has 4 nitrogen and oxygen atoms in total. The van der Waals surface area contributed by atoms with Gasteiger partial charge in [-0.1, -0.05) is 32.9 Å². The van der Waals surface area contributed by atoms with Crippen LogP contribution in [0.5, 0.6) is 0 Å². The molecule has 1 N–H and O–H groups in total. The number of hydrogen-bond donors (Lipinski definition) is 1. The average molecular weight is 246 g/mol. The number of nitrogens with one attached hydrogen (secondary N) is 1. The second-order valence-electron chi connectivity index (χ2n) is 4.73. The van der Waals surface area contributed by atoms with Crippen LogP contribution in [0.25, 0.3) is 0 Å². The fourth-order valence-corrected chi connectivity index (χ4v) is 1.49. The van der Waals surface area contributed by atoms with Crippen LogP contribution in [0.2, 0.25) is 0 Å². The Morgan fingerprint density at radius 2 is 2.06 bits per heavy atom. The first-order valence-electron chi connectivity index (χ1n) is 5.35. The van der Waals surface area contributed by atoms with E-state index in [0.717, 1.165) is 0 Å². The molecule has 1 aromatic heterocycles. The third-order valence-electron chi connectivity index (χ3n) is 2.29. The molecule has 0 aromatic carbocycles. The summed E-state index contributed by atoms with van der Waals surface area (Å²) < 4.78 is 29.2. The van der Waals surface area contributed by atoms with Gasteiger partial charge in [-0.05, 0) is 6.42 Å². The predicted molar refractivity (Wildman–Crippen MR) is 59.2 cm³/mol. The van der Waals surface area contributed by atoms with Gasteiger partial charge >= 0.3 is 6.43 Å². The van der Waals surface area contributed by atoms with E-state index in [1.165, 1.54) is 0 Å². The van der Waals surface area contributed by atoms with Crippen LogP contribution in [0.4, 0.5) is 14.7 Å². The molecule has 1 heterocycles. The second-order valence-corrected chi connectivity index (χ2v) is 4.73. The number of alkyl halides is 2. The van der Waals surface area contributed by atoms with Crippen molar-refractivity contribution in [2.24, 2.45) is 0 Å². The fourth-order valence-electron chi connectivity index (χ4n) is 1.49. The minimum Gasteiger partial charge on any atom is -0.338 e. The maximum atomic E-state index is 12.1. The smallest absolute Gasteiger partial charge is 0.315 e. The number of anilines is 1. The maximum absolute atomic E-state index is 12.1. The number of hydrogen-bond acceptors (Lipinski definition) is 3. The van der Waals surface area contributed by atoms with E-state index < -0.39 is 12.3 Å². The number of carbonyl (C=O) groups excluding carboxylic acids is 1. The predicted octanol–water partition coefficient (Wildman–Crippen LogP) is 2.74. The van der Waals surface area contributed by atoms with Crippen molar-refractivity contribution in [1.82, 2.24) is 5.16 Å². The van der Waals surface area contributed by atoms with Gasteiger partial charge in [0.25, 0.3) is 5.91 Å². The van der Waals surface area contributed by atoms with Crippen molar-refractivity contribution in [2.75, 3.05) is 5.32 Å². The molecule has 1 rings (SSSR count). The Hall–Kier alpha value is -1.46. The van der Waals surface area contributed by atoms with E-state index in [2.05, 4.69) is 5.16 Å². The van der Waals surface area contributed by atoms with Crippen LogP contribution in [0.3, 0.4) is 0 Å². The fraction of sp³-hybridized carbons (Fsp3) is 0.636. The summed E-state index contributed by atoms with van der Waals surface area (Å²) in [6.45, 7) is 7.65. The minimum atomic E-state index is -3.07. The molecular formula is C11H16F2N2O2. The van der Waals surface area contributed by atoms with Gasteiger partial charge in [-0.15, -0.1) is 0 Å². The van der Waals surface area contributed by atoms with Gasteiger partial charge in [-0.3, -0.25) is 10.1 Å². The lowest BCUT2D eigenvalue weighted by Crippen LogP contribution is -2.21. The number of amides is 1. The van der Waals surface area contributed by atoms with Gasteiger partial charge in [-0.25, -0.2) is 0 Å². The molecule has 1 amide bonds. The normalized spacial score (nSPS) is 11.9. The van der Waals surface area contributed by atoms with Crippen molar-refractivity contribution in [1.29, 1.82) is 0 Å². The average Bonchev–Trinajstić information content (AvgIpc) is 2.59. The first kappa shape index (κ1) is 13.6. The Kier molecular flexibility index (Phi) is 3.85.